The van der Waals surface area contributed by atoms with Gasteiger partial charge in [-0.1, -0.05) is 35.0 Å². The first-order valence-electron chi connectivity index (χ1n) is 7.30. The number of hydrogen-bond donors (Lipinski definition) is 4. The Morgan fingerprint density at radius 3 is 2.48 bits per heavy atom. The summed E-state index contributed by atoms with van der Waals surface area (Å²) in [5.74, 6) is 0. The Labute approximate surface area is 132 Å². The number of benzene rings is 1. The van der Waals surface area contributed by atoms with Gasteiger partial charge in [0.2, 0.25) is 0 Å². The molecule has 5 atom stereocenters. The summed E-state index contributed by atoms with van der Waals surface area (Å²) in [7, 11) is 0. The van der Waals surface area contributed by atoms with Crippen LogP contribution in [0.3, 0.4) is 0 Å². The van der Waals surface area contributed by atoms with Crippen LogP contribution in [-0.4, -0.2) is 66.6 Å². The minimum absolute atomic E-state index is 0.506. The summed E-state index contributed by atoms with van der Waals surface area (Å²) >= 11 is 0. The van der Waals surface area contributed by atoms with Crippen molar-refractivity contribution < 1.29 is 25.2 Å². The van der Waals surface area contributed by atoms with Gasteiger partial charge in [0.05, 0.1) is 12.8 Å². The molecule has 0 saturated carbocycles. The van der Waals surface area contributed by atoms with Crippen LogP contribution in [0.5, 0.6) is 0 Å². The SMILES string of the molecule is Cc1ccc(-c2cn([C@H]3C(O)O[C@H](CO)[C@@H](O)[C@@H]3O)nn2)cc1. The second kappa shape index (κ2) is 6.34. The van der Waals surface area contributed by atoms with Crippen LogP contribution in [0.2, 0.25) is 0 Å². The Hall–Kier alpha value is -1.84. The van der Waals surface area contributed by atoms with E-state index in [-0.39, 0.29) is 0 Å². The fourth-order valence-corrected chi connectivity index (χ4v) is 2.65. The van der Waals surface area contributed by atoms with E-state index in [9.17, 15) is 15.3 Å². The average Bonchev–Trinajstić information content (AvgIpc) is 3.01. The molecule has 1 saturated heterocycles. The zero-order chi connectivity index (χ0) is 16.6. The van der Waals surface area contributed by atoms with Crippen LogP contribution >= 0.6 is 0 Å². The maximum atomic E-state index is 10.2. The fourth-order valence-electron chi connectivity index (χ4n) is 2.65. The van der Waals surface area contributed by atoms with Crippen molar-refractivity contribution in [1.82, 2.24) is 15.0 Å². The molecule has 2 aromatic rings. The van der Waals surface area contributed by atoms with E-state index in [4.69, 9.17) is 9.84 Å². The van der Waals surface area contributed by atoms with E-state index in [0.717, 1.165) is 11.1 Å². The number of rotatable bonds is 3. The molecule has 8 nitrogen and oxygen atoms in total. The summed E-state index contributed by atoms with van der Waals surface area (Å²) in [5, 5.41) is 47.2. The summed E-state index contributed by atoms with van der Waals surface area (Å²) in [5.41, 5.74) is 2.53. The molecule has 8 heteroatoms. The molecule has 0 amide bonds. The van der Waals surface area contributed by atoms with Crippen LogP contribution in [0.4, 0.5) is 0 Å². The Balaban J connectivity index is 1.86. The second-order valence-corrected chi connectivity index (χ2v) is 5.67. The van der Waals surface area contributed by atoms with Crippen molar-refractivity contribution in [2.75, 3.05) is 6.61 Å². The highest BCUT2D eigenvalue weighted by Gasteiger charge is 2.45. The maximum absolute atomic E-state index is 10.2. The molecule has 1 aromatic carbocycles. The van der Waals surface area contributed by atoms with Crippen LogP contribution < -0.4 is 0 Å². The van der Waals surface area contributed by atoms with Gasteiger partial charge in [0.15, 0.2) is 6.29 Å². The Morgan fingerprint density at radius 1 is 1.13 bits per heavy atom. The molecule has 2 heterocycles. The average molecular weight is 321 g/mol. The van der Waals surface area contributed by atoms with Crippen molar-refractivity contribution in [2.45, 2.75) is 37.6 Å². The maximum Gasteiger partial charge on any atom is 0.180 e. The molecule has 1 aliphatic heterocycles. The van der Waals surface area contributed by atoms with Crippen molar-refractivity contribution in [3.05, 3.63) is 36.0 Å². The number of nitrogens with zero attached hydrogens (tertiary/aromatic N) is 3. The fraction of sp³-hybridized carbons (Fsp3) is 0.467. The molecule has 0 radical (unpaired) electrons. The first-order valence-corrected chi connectivity index (χ1v) is 7.30. The summed E-state index contributed by atoms with van der Waals surface area (Å²) in [6.07, 6.45) is -3.57. The van der Waals surface area contributed by atoms with E-state index in [2.05, 4.69) is 10.3 Å². The summed E-state index contributed by atoms with van der Waals surface area (Å²) in [6.45, 7) is 1.47. The molecule has 23 heavy (non-hydrogen) atoms. The van der Waals surface area contributed by atoms with E-state index in [1.807, 2.05) is 31.2 Å². The predicted octanol–water partition coefficient (Wildman–Crippen LogP) is -0.774. The molecule has 0 bridgehead atoms. The molecule has 1 fully saturated rings. The van der Waals surface area contributed by atoms with Crippen molar-refractivity contribution in [1.29, 1.82) is 0 Å². The molecule has 3 rings (SSSR count). The Morgan fingerprint density at radius 2 is 1.83 bits per heavy atom. The highest BCUT2D eigenvalue weighted by Crippen LogP contribution is 2.29. The number of aliphatic hydroxyl groups is 4. The third kappa shape index (κ3) is 2.99. The monoisotopic (exact) mass is 321 g/mol. The van der Waals surface area contributed by atoms with E-state index in [1.165, 1.54) is 4.68 Å². The van der Waals surface area contributed by atoms with E-state index < -0.39 is 37.3 Å². The Kier molecular flexibility index (Phi) is 4.42. The first-order chi connectivity index (χ1) is 11.0. The highest BCUT2D eigenvalue weighted by atomic mass is 16.6. The van der Waals surface area contributed by atoms with Gasteiger partial charge >= 0.3 is 0 Å². The molecule has 1 aromatic heterocycles. The van der Waals surface area contributed by atoms with Gasteiger partial charge in [0, 0.05) is 5.56 Å². The van der Waals surface area contributed by atoms with Gasteiger partial charge in [-0.3, -0.25) is 0 Å². The molecular weight excluding hydrogens is 302 g/mol. The molecule has 124 valence electrons. The number of ether oxygens (including phenoxy) is 1. The van der Waals surface area contributed by atoms with Gasteiger partial charge in [-0.15, -0.1) is 5.10 Å². The largest absolute Gasteiger partial charge is 0.394 e. The lowest BCUT2D eigenvalue weighted by molar-refractivity contribution is -0.265. The normalized spacial score (nSPS) is 31.3. The number of aliphatic hydroxyl groups excluding tert-OH is 4. The van der Waals surface area contributed by atoms with Crippen molar-refractivity contribution in [3.63, 3.8) is 0 Å². The van der Waals surface area contributed by atoms with E-state index in [0.29, 0.717) is 5.69 Å². The number of aromatic nitrogens is 3. The lowest BCUT2D eigenvalue weighted by atomic mass is 9.97. The zero-order valence-corrected chi connectivity index (χ0v) is 12.5. The lowest BCUT2D eigenvalue weighted by Crippen LogP contribution is -2.56. The lowest BCUT2D eigenvalue weighted by Gasteiger charge is -2.39. The van der Waals surface area contributed by atoms with Crippen molar-refractivity contribution in [2.24, 2.45) is 0 Å². The van der Waals surface area contributed by atoms with Gasteiger partial charge < -0.3 is 25.2 Å². The van der Waals surface area contributed by atoms with Gasteiger partial charge in [-0.05, 0) is 6.92 Å². The van der Waals surface area contributed by atoms with Crippen LogP contribution in [0.25, 0.3) is 11.3 Å². The molecule has 0 aliphatic carbocycles. The van der Waals surface area contributed by atoms with Crippen LogP contribution in [0.15, 0.2) is 30.5 Å². The standard InChI is InChI=1S/C15H19N3O5/c1-8-2-4-9(5-3-8)10-6-18(17-16-10)12-14(21)13(20)11(7-19)23-15(12)22/h2-6,11-15,19-22H,7H2,1H3/t11-,12-,13-,14-,15?/m1/s1. The topological polar surface area (TPSA) is 121 Å². The van der Waals surface area contributed by atoms with Gasteiger partial charge in [0.25, 0.3) is 0 Å². The first kappa shape index (κ1) is 16.0. The molecule has 4 N–H and O–H groups in total. The summed E-state index contributed by atoms with van der Waals surface area (Å²) in [4.78, 5) is 0. The van der Waals surface area contributed by atoms with Gasteiger partial charge in [-0.2, -0.15) is 0 Å². The number of hydrogen-bond acceptors (Lipinski definition) is 7. The van der Waals surface area contributed by atoms with Gasteiger partial charge in [0.1, 0.15) is 30.0 Å². The minimum Gasteiger partial charge on any atom is -0.394 e. The second-order valence-electron chi connectivity index (χ2n) is 5.67. The van der Waals surface area contributed by atoms with Crippen LogP contribution in [0.1, 0.15) is 11.6 Å². The van der Waals surface area contributed by atoms with Crippen molar-refractivity contribution in [3.8, 4) is 11.3 Å². The summed E-state index contributed by atoms with van der Waals surface area (Å²) in [6, 6.07) is 6.66. The van der Waals surface area contributed by atoms with Crippen LogP contribution in [0, 0.1) is 6.92 Å². The minimum atomic E-state index is -1.42. The Bertz CT molecular complexity index is 659. The van der Waals surface area contributed by atoms with Crippen LogP contribution in [-0.2, 0) is 4.74 Å². The molecule has 1 aliphatic rings. The highest BCUT2D eigenvalue weighted by molar-refractivity contribution is 5.57. The van der Waals surface area contributed by atoms with Gasteiger partial charge in [-0.25, -0.2) is 4.68 Å². The van der Waals surface area contributed by atoms with E-state index >= 15 is 0 Å². The zero-order valence-electron chi connectivity index (χ0n) is 12.5. The predicted molar refractivity (Wildman–Crippen MR) is 79.2 cm³/mol. The molecular formula is C15H19N3O5. The third-order valence-corrected chi connectivity index (χ3v) is 4.03. The third-order valence-electron chi connectivity index (χ3n) is 4.03. The smallest absolute Gasteiger partial charge is 0.180 e. The quantitative estimate of drug-likeness (QED) is 0.585. The summed E-state index contributed by atoms with van der Waals surface area (Å²) < 4.78 is 6.39. The van der Waals surface area contributed by atoms with Crippen molar-refractivity contribution >= 4 is 0 Å². The molecule has 1 unspecified atom stereocenters. The van der Waals surface area contributed by atoms with E-state index in [1.54, 1.807) is 6.20 Å². The molecule has 0 spiro atoms. The number of aryl methyl sites for hydroxylation is 1.